The molecule has 3 aromatic rings. The smallest absolute Gasteiger partial charge is 0.230 e. The predicted molar refractivity (Wildman–Crippen MR) is 127 cm³/mol. The van der Waals surface area contributed by atoms with E-state index in [0.29, 0.717) is 11.8 Å². The number of hydrogen-bond donors (Lipinski definition) is 3. The Morgan fingerprint density at radius 3 is 2.25 bits per heavy atom. The Bertz CT molecular complexity index is 1060. The summed E-state index contributed by atoms with van der Waals surface area (Å²) < 4.78 is 0. The maximum absolute atomic E-state index is 12.9. The zero-order chi connectivity index (χ0) is 22.6. The van der Waals surface area contributed by atoms with Crippen molar-refractivity contribution in [3.63, 3.8) is 0 Å². The van der Waals surface area contributed by atoms with E-state index in [1.807, 2.05) is 69.3 Å². The van der Waals surface area contributed by atoms with Crippen LogP contribution in [0.15, 0.2) is 54.7 Å². The van der Waals surface area contributed by atoms with Gasteiger partial charge in [0.05, 0.1) is 0 Å². The molecule has 0 aliphatic heterocycles. The van der Waals surface area contributed by atoms with Gasteiger partial charge in [0.2, 0.25) is 11.9 Å². The normalized spacial score (nSPS) is 11.3. The molecule has 7 heteroatoms. The molecule has 0 unspecified atom stereocenters. The van der Waals surface area contributed by atoms with Crippen molar-refractivity contribution in [2.24, 2.45) is 10.8 Å². The van der Waals surface area contributed by atoms with Crippen molar-refractivity contribution in [1.82, 2.24) is 9.97 Å². The van der Waals surface area contributed by atoms with E-state index in [1.165, 1.54) is 0 Å². The van der Waals surface area contributed by atoms with Crippen molar-refractivity contribution in [1.29, 1.82) is 0 Å². The van der Waals surface area contributed by atoms with E-state index < -0.39 is 5.41 Å². The molecule has 32 heavy (non-hydrogen) atoms. The van der Waals surface area contributed by atoms with E-state index in [2.05, 4.69) is 52.8 Å². The van der Waals surface area contributed by atoms with Gasteiger partial charge < -0.3 is 16.0 Å². The summed E-state index contributed by atoms with van der Waals surface area (Å²) in [4.78, 5) is 21.8. The minimum absolute atomic E-state index is 0. The van der Waals surface area contributed by atoms with Gasteiger partial charge in [-0.05, 0) is 30.5 Å². The second kappa shape index (κ2) is 10.5. The van der Waals surface area contributed by atoms with Crippen molar-refractivity contribution in [3.8, 4) is 0 Å². The van der Waals surface area contributed by atoms with Gasteiger partial charge in [-0.15, -0.1) is 12.1 Å². The van der Waals surface area contributed by atoms with Crippen molar-refractivity contribution in [3.05, 3.63) is 66.4 Å². The van der Waals surface area contributed by atoms with Gasteiger partial charge in [0, 0.05) is 61.3 Å². The third-order valence-corrected chi connectivity index (χ3v) is 5.77. The Labute approximate surface area is 215 Å². The number of carbonyl (C=O) groups excluding carboxylic acids is 1. The molecule has 0 aliphatic rings. The number of nitrogens with one attached hydrogen (secondary N) is 3. The van der Waals surface area contributed by atoms with E-state index >= 15 is 0 Å². The van der Waals surface area contributed by atoms with E-state index in [0.717, 1.165) is 22.6 Å². The first-order chi connectivity index (χ1) is 14.6. The number of aromatic nitrogens is 2. The summed E-state index contributed by atoms with van der Waals surface area (Å²) in [5.41, 5.74) is 2.68. The summed E-state index contributed by atoms with van der Waals surface area (Å²) >= 11 is 0. The van der Waals surface area contributed by atoms with Crippen LogP contribution in [0.2, 0.25) is 0 Å². The average molecular weight is 505 g/mol. The quantitative estimate of drug-likeness (QED) is 0.354. The first-order valence-electron chi connectivity index (χ1n) is 10.3. The maximum Gasteiger partial charge on any atom is 0.230 e. The van der Waals surface area contributed by atoms with Crippen LogP contribution in [0.25, 0.3) is 0 Å². The summed E-state index contributed by atoms with van der Waals surface area (Å²) in [6.07, 6.45) is 1.77. The fourth-order valence-electron chi connectivity index (χ4n) is 2.67. The fraction of sp³-hybridized carbons (Fsp3) is 0.320. The van der Waals surface area contributed by atoms with Crippen LogP contribution in [0, 0.1) is 23.8 Å². The predicted octanol–water partition coefficient (Wildman–Crippen LogP) is 6.08. The second-order valence-corrected chi connectivity index (χ2v) is 9.17. The van der Waals surface area contributed by atoms with Crippen molar-refractivity contribution >= 4 is 34.7 Å². The topological polar surface area (TPSA) is 78.9 Å². The molecular weight excluding hydrogens is 475 g/mol. The molecule has 6 nitrogen and oxygen atoms in total. The van der Waals surface area contributed by atoms with E-state index in [1.54, 1.807) is 6.20 Å². The molecule has 3 N–H and O–H groups in total. The molecule has 0 saturated heterocycles. The van der Waals surface area contributed by atoms with Crippen LogP contribution < -0.4 is 16.0 Å². The number of anilines is 5. The van der Waals surface area contributed by atoms with Crippen LogP contribution >= 0.6 is 0 Å². The SMILES string of the molecule is Cc1cnc(Nc2cc[c-]cc2)nc1Nc1cccc(NC(=O)C(C)(C)C(C)(C)C)c1.[Y]. The Hall–Kier alpha value is -2.31. The van der Waals surface area contributed by atoms with Crippen LogP contribution in [0.1, 0.15) is 40.2 Å². The van der Waals surface area contributed by atoms with E-state index in [9.17, 15) is 4.79 Å². The van der Waals surface area contributed by atoms with Gasteiger partial charge in [0.1, 0.15) is 5.82 Å². The Balaban J connectivity index is 0.00000363. The Morgan fingerprint density at radius 1 is 0.938 bits per heavy atom. The van der Waals surface area contributed by atoms with Crippen LogP contribution in [-0.2, 0) is 37.5 Å². The first kappa shape index (κ1) is 26.0. The third kappa shape index (κ3) is 6.36. The molecule has 1 radical (unpaired) electrons. The number of rotatable bonds is 6. The Morgan fingerprint density at radius 2 is 1.59 bits per heavy atom. The molecule has 0 atom stereocenters. The summed E-state index contributed by atoms with van der Waals surface area (Å²) in [5, 5.41) is 9.57. The van der Waals surface area contributed by atoms with Crippen LogP contribution in [-0.4, -0.2) is 15.9 Å². The minimum Gasteiger partial charge on any atom is -0.347 e. The summed E-state index contributed by atoms with van der Waals surface area (Å²) in [7, 11) is 0. The third-order valence-electron chi connectivity index (χ3n) is 5.77. The van der Waals surface area contributed by atoms with Gasteiger partial charge in [0.25, 0.3) is 0 Å². The minimum atomic E-state index is -0.518. The van der Waals surface area contributed by atoms with Gasteiger partial charge in [0.15, 0.2) is 0 Å². The monoisotopic (exact) mass is 505 g/mol. The molecule has 0 bridgehead atoms. The van der Waals surface area contributed by atoms with E-state index in [4.69, 9.17) is 0 Å². The summed E-state index contributed by atoms with van der Waals surface area (Å²) in [5.74, 6) is 1.18. The van der Waals surface area contributed by atoms with Gasteiger partial charge in [-0.25, -0.2) is 4.98 Å². The van der Waals surface area contributed by atoms with E-state index in [-0.39, 0.29) is 44.0 Å². The molecule has 1 heterocycles. The van der Waals surface area contributed by atoms with Gasteiger partial charge in [-0.2, -0.15) is 23.2 Å². The van der Waals surface area contributed by atoms with Crippen LogP contribution in [0.4, 0.5) is 28.8 Å². The standard InChI is InChI=1S/C25H30N5O.Y/c1-17-16-26-23(29-18-11-8-7-9-12-18)30-21(17)27-19-13-10-14-20(15-19)28-22(31)25(5,6)24(2,3)4;/h8-16H,1-6H3,(H,28,31)(H2,26,27,29,30);/q-1;. The molecule has 0 aliphatic carbocycles. The van der Waals surface area contributed by atoms with Crippen LogP contribution in [0.3, 0.4) is 0 Å². The maximum atomic E-state index is 12.9. The molecule has 0 fully saturated rings. The largest absolute Gasteiger partial charge is 0.347 e. The van der Waals surface area contributed by atoms with Crippen molar-refractivity contribution in [2.45, 2.75) is 41.5 Å². The number of aryl methyl sites for hydroxylation is 1. The second-order valence-electron chi connectivity index (χ2n) is 9.17. The molecule has 3 rings (SSSR count). The molecule has 0 spiro atoms. The van der Waals surface area contributed by atoms with Crippen LogP contribution in [0.5, 0.6) is 0 Å². The van der Waals surface area contributed by atoms with Crippen molar-refractivity contribution < 1.29 is 37.5 Å². The Kier molecular flexibility index (Phi) is 8.55. The number of nitrogens with zero attached hydrogens (tertiary/aromatic N) is 2. The average Bonchev–Trinajstić information content (AvgIpc) is 2.71. The number of benzene rings is 2. The molecule has 1 aromatic heterocycles. The molecule has 1 amide bonds. The fourth-order valence-corrected chi connectivity index (χ4v) is 2.67. The molecule has 2 aromatic carbocycles. The van der Waals surface area contributed by atoms with Gasteiger partial charge in [-0.3, -0.25) is 4.79 Å². The number of amides is 1. The van der Waals surface area contributed by atoms with Gasteiger partial charge >= 0.3 is 0 Å². The molecular formula is C25H30N5OY-. The number of hydrogen-bond acceptors (Lipinski definition) is 5. The first-order valence-corrected chi connectivity index (χ1v) is 10.3. The zero-order valence-corrected chi connectivity index (χ0v) is 22.4. The summed E-state index contributed by atoms with van der Waals surface area (Å²) in [6, 6.07) is 18.1. The molecule has 0 saturated carbocycles. The summed E-state index contributed by atoms with van der Waals surface area (Å²) in [6.45, 7) is 12.1. The van der Waals surface area contributed by atoms with Crippen molar-refractivity contribution in [2.75, 3.05) is 16.0 Å². The molecule has 165 valence electrons. The van der Waals surface area contributed by atoms with Gasteiger partial charge in [-0.1, -0.05) is 46.4 Å². The zero-order valence-electron chi connectivity index (χ0n) is 19.6. The number of carbonyl (C=O) groups is 1.